The van der Waals surface area contributed by atoms with Crippen molar-refractivity contribution < 1.29 is 0 Å². The Morgan fingerprint density at radius 1 is 0.219 bits per heavy atom. The summed E-state index contributed by atoms with van der Waals surface area (Å²) in [6.45, 7) is 0. The Bertz CT molecular complexity index is 3980. The van der Waals surface area contributed by atoms with E-state index in [1.807, 2.05) is 0 Å². The summed E-state index contributed by atoms with van der Waals surface area (Å²) in [5.41, 5.74) is 16.6. The lowest BCUT2D eigenvalue weighted by Crippen LogP contribution is -2.09. The van der Waals surface area contributed by atoms with E-state index in [2.05, 4.69) is 206 Å². The number of benzene rings is 13. The average molecular weight is 811 g/mol. The summed E-state index contributed by atoms with van der Waals surface area (Å²) in [4.78, 5) is 0. The SMILES string of the molecule is c1cc(-c2cc3c(c4ccccc24)CC3)cc(-c2ccc3ccc4cccc5ccc2c3c45)c1.c1cc(-c2ccc3c(c2)CC3)cc(-c2ccc3ccc4cccc5ccc2c3c45)c1. The fourth-order valence-electron chi connectivity index (χ4n) is 11.4. The normalized spacial score (nSPS) is 13.1. The molecule has 64 heavy (non-hydrogen) atoms. The number of rotatable bonds is 4. The summed E-state index contributed by atoms with van der Waals surface area (Å²) in [7, 11) is 0. The van der Waals surface area contributed by atoms with E-state index >= 15 is 0 Å². The molecule has 0 heteroatoms. The van der Waals surface area contributed by atoms with Gasteiger partial charge in [-0.3, -0.25) is 0 Å². The first-order chi connectivity index (χ1) is 31.7. The molecule has 0 spiro atoms. The van der Waals surface area contributed by atoms with Gasteiger partial charge in [0.25, 0.3) is 0 Å². The summed E-state index contributed by atoms with van der Waals surface area (Å²) >= 11 is 0. The lowest BCUT2D eigenvalue weighted by atomic mass is 9.81. The minimum Gasteiger partial charge on any atom is -0.0616 e. The van der Waals surface area contributed by atoms with Crippen molar-refractivity contribution in [3.8, 4) is 44.5 Å². The molecule has 0 saturated heterocycles. The molecule has 0 amide bonds. The highest BCUT2D eigenvalue weighted by molar-refractivity contribution is 6.26. The molecule has 0 N–H and O–H groups in total. The van der Waals surface area contributed by atoms with Crippen molar-refractivity contribution >= 4 is 75.4 Å². The molecular formula is C64H42. The summed E-state index contributed by atoms with van der Waals surface area (Å²) < 4.78 is 0. The third-order valence-corrected chi connectivity index (χ3v) is 14.8. The largest absolute Gasteiger partial charge is 0.0616 e. The van der Waals surface area contributed by atoms with Crippen molar-refractivity contribution in [1.29, 1.82) is 0 Å². The maximum absolute atomic E-state index is 2.43. The Labute approximate surface area is 372 Å². The molecule has 0 radical (unpaired) electrons. The van der Waals surface area contributed by atoms with E-state index in [4.69, 9.17) is 0 Å². The van der Waals surface area contributed by atoms with Crippen LogP contribution < -0.4 is 0 Å². The number of hydrogen-bond donors (Lipinski definition) is 0. The Balaban J connectivity index is 0.000000125. The van der Waals surface area contributed by atoms with Crippen LogP contribution in [0.2, 0.25) is 0 Å². The predicted octanol–water partition coefficient (Wildman–Crippen LogP) is 17.2. The molecule has 2 aliphatic carbocycles. The Morgan fingerprint density at radius 2 is 0.672 bits per heavy atom. The van der Waals surface area contributed by atoms with Crippen LogP contribution in [0.15, 0.2) is 206 Å². The molecule has 0 unspecified atom stereocenters. The third kappa shape index (κ3) is 5.42. The first-order valence-corrected chi connectivity index (χ1v) is 22.9. The van der Waals surface area contributed by atoms with E-state index in [0.29, 0.717) is 0 Å². The summed E-state index contributed by atoms with van der Waals surface area (Å²) in [6.07, 6.45) is 4.86. The molecule has 0 fully saturated rings. The van der Waals surface area contributed by atoms with Crippen LogP contribution >= 0.6 is 0 Å². The zero-order chi connectivity index (χ0) is 41.9. The van der Waals surface area contributed by atoms with Crippen molar-refractivity contribution in [2.24, 2.45) is 0 Å². The van der Waals surface area contributed by atoms with Crippen molar-refractivity contribution in [2.45, 2.75) is 25.7 Å². The van der Waals surface area contributed by atoms with E-state index in [9.17, 15) is 0 Å². The highest BCUT2D eigenvalue weighted by atomic mass is 14.2. The molecule has 0 heterocycles. The monoisotopic (exact) mass is 810 g/mol. The quantitative estimate of drug-likeness (QED) is 0.155. The van der Waals surface area contributed by atoms with Crippen LogP contribution in [-0.2, 0) is 25.7 Å². The first-order valence-electron chi connectivity index (χ1n) is 22.9. The highest BCUT2D eigenvalue weighted by Crippen LogP contribution is 2.44. The van der Waals surface area contributed by atoms with Gasteiger partial charge in [-0.05, 0) is 180 Å². The lowest BCUT2D eigenvalue weighted by Gasteiger charge is -2.23. The fourth-order valence-corrected chi connectivity index (χ4v) is 11.4. The maximum Gasteiger partial charge on any atom is -0.00206 e. The second kappa shape index (κ2) is 13.9. The van der Waals surface area contributed by atoms with Gasteiger partial charge in [0.1, 0.15) is 0 Å². The molecule has 0 bridgehead atoms. The minimum absolute atomic E-state index is 1.20. The number of aryl methyl sites for hydroxylation is 4. The van der Waals surface area contributed by atoms with Crippen LogP contribution in [0.1, 0.15) is 22.3 Å². The maximum atomic E-state index is 2.43. The molecule has 13 aromatic rings. The first kappa shape index (κ1) is 35.8. The van der Waals surface area contributed by atoms with Crippen LogP contribution in [0.25, 0.3) is 120 Å². The van der Waals surface area contributed by atoms with Gasteiger partial charge in [-0.2, -0.15) is 0 Å². The van der Waals surface area contributed by atoms with Crippen molar-refractivity contribution in [2.75, 3.05) is 0 Å². The van der Waals surface area contributed by atoms with Gasteiger partial charge in [0, 0.05) is 0 Å². The van der Waals surface area contributed by atoms with Gasteiger partial charge >= 0.3 is 0 Å². The Morgan fingerprint density at radius 3 is 1.22 bits per heavy atom. The molecule has 13 aromatic carbocycles. The van der Waals surface area contributed by atoms with E-state index in [1.165, 1.54) is 162 Å². The zero-order valence-corrected chi connectivity index (χ0v) is 35.5. The molecule has 0 aromatic heterocycles. The predicted molar refractivity (Wildman–Crippen MR) is 274 cm³/mol. The fraction of sp³-hybridized carbons (Fsp3) is 0.0625. The molecule has 0 nitrogen and oxygen atoms in total. The minimum atomic E-state index is 1.20. The summed E-state index contributed by atoms with van der Waals surface area (Å²) in [5, 5.41) is 18.9. The van der Waals surface area contributed by atoms with Gasteiger partial charge in [0.05, 0.1) is 0 Å². The van der Waals surface area contributed by atoms with Crippen molar-refractivity contribution in [3.05, 3.63) is 229 Å². The highest BCUT2D eigenvalue weighted by Gasteiger charge is 2.20. The van der Waals surface area contributed by atoms with Gasteiger partial charge in [-0.1, -0.05) is 194 Å². The van der Waals surface area contributed by atoms with Gasteiger partial charge in [0.15, 0.2) is 0 Å². The topological polar surface area (TPSA) is 0 Å². The lowest BCUT2D eigenvalue weighted by molar-refractivity contribution is 0.840. The third-order valence-electron chi connectivity index (χ3n) is 14.8. The van der Waals surface area contributed by atoms with Crippen LogP contribution in [0.5, 0.6) is 0 Å². The second-order valence-electron chi connectivity index (χ2n) is 18.2. The molecule has 0 aliphatic heterocycles. The van der Waals surface area contributed by atoms with Gasteiger partial charge in [-0.15, -0.1) is 0 Å². The summed E-state index contributed by atoms with van der Waals surface area (Å²) in [5.74, 6) is 0. The smallest absolute Gasteiger partial charge is 0.00206 e. The van der Waals surface area contributed by atoms with Gasteiger partial charge < -0.3 is 0 Å². The second-order valence-corrected chi connectivity index (χ2v) is 18.2. The molecule has 2 aliphatic rings. The van der Waals surface area contributed by atoms with E-state index in [0.717, 1.165) is 0 Å². The average Bonchev–Trinajstić information content (AvgIpc) is 3.33. The van der Waals surface area contributed by atoms with E-state index in [-0.39, 0.29) is 0 Å². The van der Waals surface area contributed by atoms with Crippen LogP contribution in [0.3, 0.4) is 0 Å². The van der Waals surface area contributed by atoms with Crippen LogP contribution in [0.4, 0.5) is 0 Å². The standard InChI is InChI=1S/C34H22.C30H20/c1-2-10-30-29(9-1)27-17-15-26(27)20-32(30)25-8-4-7-24(19-25)28-16-13-23-12-11-21-5-3-6-22-14-18-31(28)34(23)33(21)22;1-3-20-9-10-22-13-15-27(28-16-14-21(4-1)29(20)30(22)28)26-6-2-5-23(18-26)25-12-8-19-7-11-24(19)17-25/h1-14,16,18-20H,15,17H2;1-6,8-10,12-18H,7,11H2. The molecule has 15 rings (SSSR count). The Hall–Kier alpha value is -7.80. The number of fused-ring (bicyclic) bond motifs is 4. The van der Waals surface area contributed by atoms with Crippen LogP contribution in [-0.4, -0.2) is 0 Å². The van der Waals surface area contributed by atoms with E-state index < -0.39 is 0 Å². The van der Waals surface area contributed by atoms with Crippen LogP contribution in [0, 0.1) is 0 Å². The molecule has 298 valence electrons. The van der Waals surface area contributed by atoms with E-state index in [1.54, 1.807) is 5.56 Å². The molecule has 0 atom stereocenters. The van der Waals surface area contributed by atoms with Crippen molar-refractivity contribution in [3.63, 3.8) is 0 Å². The Kier molecular flexibility index (Phi) is 7.74. The zero-order valence-electron chi connectivity index (χ0n) is 35.5. The van der Waals surface area contributed by atoms with Crippen molar-refractivity contribution in [1.82, 2.24) is 0 Å². The van der Waals surface area contributed by atoms with Gasteiger partial charge in [-0.25, -0.2) is 0 Å². The number of hydrogen-bond acceptors (Lipinski definition) is 0. The van der Waals surface area contributed by atoms with Gasteiger partial charge in [0.2, 0.25) is 0 Å². The summed E-state index contributed by atoms with van der Waals surface area (Å²) in [6, 6.07) is 77.0. The molecule has 0 saturated carbocycles. The molecular weight excluding hydrogens is 769 g/mol.